The maximum absolute atomic E-state index is 9.08. The largest absolute Gasteiger partial charge is 0.198 e. The number of hydrogen-bond donors (Lipinski definition) is 0. The molecule has 0 saturated heterocycles. The van der Waals surface area contributed by atoms with Crippen molar-refractivity contribution < 1.29 is 0 Å². The van der Waals surface area contributed by atoms with E-state index in [4.69, 9.17) is 10.5 Å². The van der Waals surface area contributed by atoms with Gasteiger partial charge < -0.3 is 0 Å². The molecule has 82 valence electrons. The Bertz CT molecular complexity index is 370. The molecule has 0 aliphatic carbocycles. The quantitative estimate of drug-likeness (QED) is 0.674. The van der Waals surface area contributed by atoms with Crippen LogP contribution in [0.25, 0.3) is 0 Å². The standard InChI is InChI=1S/C14H16N2/c15-11-7-2-1-4-10-14(12-16)13-8-5-3-6-9-13/h3,5-6,8-9,14H,1-2,4,7,10H2. The second-order valence-electron chi connectivity index (χ2n) is 3.85. The Hall–Kier alpha value is -1.80. The van der Waals surface area contributed by atoms with Gasteiger partial charge in [-0.1, -0.05) is 43.2 Å². The topological polar surface area (TPSA) is 47.6 Å². The van der Waals surface area contributed by atoms with E-state index < -0.39 is 0 Å². The fourth-order valence-electron chi connectivity index (χ4n) is 1.72. The van der Waals surface area contributed by atoms with Gasteiger partial charge in [0.25, 0.3) is 0 Å². The molecule has 0 fully saturated rings. The fraction of sp³-hybridized carbons (Fsp3) is 0.429. The lowest BCUT2D eigenvalue weighted by atomic mass is 9.94. The van der Waals surface area contributed by atoms with Crippen molar-refractivity contribution in [3.05, 3.63) is 35.9 Å². The molecule has 0 radical (unpaired) electrons. The molecule has 0 spiro atoms. The third kappa shape index (κ3) is 4.15. The summed E-state index contributed by atoms with van der Waals surface area (Å²) in [6, 6.07) is 14.4. The van der Waals surface area contributed by atoms with Gasteiger partial charge in [0.1, 0.15) is 0 Å². The Balaban J connectivity index is 2.34. The van der Waals surface area contributed by atoms with Crippen molar-refractivity contribution in [1.29, 1.82) is 10.5 Å². The zero-order valence-corrected chi connectivity index (χ0v) is 9.39. The number of nitrogens with zero attached hydrogens (tertiary/aromatic N) is 2. The minimum atomic E-state index is 0.00304. The van der Waals surface area contributed by atoms with Crippen LogP contribution in [-0.2, 0) is 0 Å². The summed E-state index contributed by atoms with van der Waals surface area (Å²) in [4.78, 5) is 0. The molecule has 2 heteroatoms. The normalized spacial score (nSPS) is 11.4. The molecule has 0 bridgehead atoms. The van der Waals surface area contributed by atoms with Gasteiger partial charge >= 0.3 is 0 Å². The highest BCUT2D eigenvalue weighted by Gasteiger charge is 2.08. The van der Waals surface area contributed by atoms with Gasteiger partial charge in [-0.15, -0.1) is 0 Å². The maximum atomic E-state index is 9.08. The molecular formula is C14H16N2. The molecule has 0 heterocycles. The zero-order chi connectivity index (χ0) is 11.6. The van der Waals surface area contributed by atoms with Crippen LogP contribution in [-0.4, -0.2) is 0 Å². The Morgan fingerprint density at radius 2 is 1.75 bits per heavy atom. The molecule has 2 nitrogen and oxygen atoms in total. The second-order valence-corrected chi connectivity index (χ2v) is 3.85. The van der Waals surface area contributed by atoms with Crippen molar-refractivity contribution in [2.24, 2.45) is 0 Å². The molecule has 0 aliphatic rings. The van der Waals surface area contributed by atoms with Gasteiger partial charge in [-0.2, -0.15) is 10.5 Å². The van der Waals surface area contributed by atoms with Gasteiger partial charge in [-0.3, -0.25) is 0 Å². The summed E-state index contributed by atoms with van der Waals surface area (Å²) in [5.41, 5.74) is 1.10. The molecule has 0 amide bonds. The van der Waals surface area contributed by atoms with Gasteiger partial charge in [0.2, 0.25) is 0 Å². The van der Waals surface area contributed by atoms with E-state index in [1.165, 1.54) is 0 Å². The summed E-state index contributed by atoms with van der Waals surface area (Å²) in [6.07, 6.45) is 4.53. The summed E-state index contributed by atoms with van der Waals surface area (Å²) in [6.45, 7) is 0. The molecule has 0 N–H and O–H groups in total. The first-order valence-corrected chi connectivity index (χ1v) is 5.70. The number of benzene rings is 1. The average Bonchev–Trinajstić information content (AvgIpc) is 2.35. The summed E-state index contributed by atoms with van der Waals surface area (Å²) in [5, 5.41) is 17.5. The molecule has 0 aromatic heterocycles. The second kappa shape index (κ2) is 7.49. The number of hydrogen-bond acceptors (Lipinski definition) is 2. The Morgan fingerprint density at radius 3 is 2.38 bits per heavy atom. The van der Waals surface area contributed by atoms with Crippen LogP contribution in [0.2, 0.25) is 0 Å². The van der Waals surface area contributed by atoms with E-state index >= 15 is 0 Å². The van der Waals surface area contributed by atoms with Crippen molar-refractivity contribution in [2.75, 3.05) is 0 Å². The Kier molecular flexibility index (Phi) is 5.74. The molecule has 0 aliphatic heterocycles. The maximum Gasteiger partial charge on any atom is 0.0712 e. The molecule has 1 atom stereocenters. The van der Waals surface area contributed by atoms with E-state index in [9.17, 15) is 0 Å². The SMILES string of the molecule is N#CCCCCCC(C#N)c1ccccc1. The molecule has 1 aromatic carbocycles. The van der Waals surface area contributed by atoms with Crippen molar-refractivity contribution >= 4 is 0 Å². The van der Waals surface area contributed by atoms with Gasteiger partial charge in [-0.05, 0) is 18.4 Å². The van der Waals surface area contributed by atoms with Crippen LogP contribution in [0.5, 0.6) is 0 Å². The minimum absolute atomic E-state index is 0.00304. The van der Waals surface area contributed by atoms with Crippen LogP contribution in [0, 0.1) is 22.7 Å². The Morgan fingerprint density at radius 1 is 1.00 bits per heavy atom. The molecule has 0 saturated carbocycles. The van der Waals surface area contributed by atoms with Crippen LogP contribution in [0.4, 0.5) is 0 Å². The highest BCUT2D eigenvalue weighted by atomic mass is 14.3. The summed E-state index contributed by atoms with van der Waals surface area (Å²) in [7, 11) is 0. The fourth-order valence-corrected chi connectivity index (χ4v) is 1.72. The number of rotatable bonds is 6. The van der Waals surface area contributed by atoms with Gasteiger partial charge in [0.05, 0.1) is 18.1 Å². The van der Waals surface area contributed by atoms with Crippen LogP contribution in [0.3, 0.4) is 0 Å². The first-order chi connectivity index (χ1) is 7.88. The van der Waals surface area contributed by atoms with Crippen LogP contribution < -0.4 is 0 Å². The van der Waals surface area contributed by atoms with Crippen molar-refractivity contribution in [3.8, 4) is 12.1 Å². The first kappa shape index (κ1) is 12.3. The summed E-state index contributed by atoms with van der Waals surface area (Å²) < 4.78 is 0. The predicted octanol–water partition coefficient (Wildman–Crippen LogP) is 3.77. The van der Waals surface area contributed by atoms with E-state index in [1.807, 2.05) is 30.3 Å². The zero-order valence-electron chi connectivity index (χ0n) is 9.39. The van der Waals surface area contributed by atoms with Crippen LogP contribution in [0.1, 0.15) is 43.6 Å². The van der Waals surface area contributed by atoms with E-state index in [1.54, 1.807) is 0 Å². The van der Waals surface area contributed by atoms with E-state index in [-0.39, 0.29) is 5.92 Å². The van der Waals surface area contributed by atoms with Crippen molar-refractivity contribution in [3.63, 3.8) is 0 Å². The summed E-state index contributed by atoms with van der Waals surface area (Å²) in [5.74, 6) is 0.00304. The number of nitriles is 2. The van der Waals surface area contributed by atoms with E-state index in [0.717, 1.165) is 31.2 Å². The predicted molar refractivity (Wildman–Crippen MR) is 63.5 cm³/mol. The molecule has 16 heavy (non-hydrogen) atoms. The highest BCUT2D eigenvalue weighted by Crippen LogP contribution is 2.21. The van der Waals surface area contributed by atoms with Gasteiger partial charge in [0, 0.05) is 6.42 Å². The molecule has 1 unspecified atom stereocenters. The van der Waals surface area contributed by atoms with Gasteiger partial charge in [0.15, 0.2) is 0 Å². The molecule has 1 rings (SSSR count). The summed E-state index contributed by atoms with van der Waals surface area (Å²) >= 11 is 0. The number of unbranched alkanes of at least 4 members (excludes halogenated alkanes) is 3. The molecule has 1 aromatic rings. The van der Waals surface area contributed by atoms with Crippen molar-refractivity contribution in [2.45, 2.75) is 38.0 Å². The lowest BCUT2D eigenvalue weighted by molar-refractivity contribution is 0.620. The Labute approximate surface area is 97.1 Å². The van der Waals surface area contributed by atoms with Crippen LogP contribution in [0.15, 0.2) is 30.3 Å². The van der Waals surface area contributed by atoms with E-state index in [2.05, 4.69) is 12.1 Å². The minimum Gasteiger partial charge on any atom is -0.198 e. The average molecular weight is 212 g/mol. The lowest BCUT2D eigenvalue weighted by Crippen LogP contribution is -1.95. The van der Waals surface area contributed by atoms with E-state index in [0.29, 0.717) is 6.42 Å². The lowest BCUT2D eigenvalue weighted by Gasteiger charge is -2.08. The highest BCUT2D eigenvalue weighted by molar-refractivity contribution is 5.24. The van der Waals surface area contributed by atoms with Crippen LogP contribution >= 0.6 is 0 Å². The third-order valence-electron chi connectivity index (χ3n) is 2.64. The van der Waals surface area contributed by atoms with Gasteiger partial charge in [-0.25, -0.2) is 0 Å². The van der Waals surface area contributed by atoms with Crippen molar-refractivity contribution in [1.82, 2.24) is 0 Å². The third-order valence-corrected chi connectivity index (χ3v) is 2.64. The molecular weight excluding hydrogens is 196 g/mol. The first-order valence-electron chi connectivity index (χ1n) is 5.70. The smallest absolute Gasteiger partial charge is 0.0712 e. The monoisotopic (exact) mass is 212 g/mol.